The Balaban J connectivity index is 1.18. The Morgan fingerprint density at radius 1 is 0.590 bits per heavy atom. The topological polar surface area (TPSA) is 103 Å². The number of hydrogen-bond donors (Lipinski definition) is 1. The highest BCUT2D eigenvalue weighted by atomic mass is 16.8. The molecule has 0 aromatic heterocycles. The van der Waals surface area contributed by atoms with Gasteiger partial charge < -0.3 is 43.2 Å². The monoisotopic (exact) mass is 829 g/mol. The van der Waals surface area contributed by atoms with Gasteiger partial charge in [0.15, 0.2) is 12.1 Å². The third kappa shape index (κ3) is 13.4. The summed E-state index contributed by atoms with van der Waals surface area (Å²) >= 11 is 0. The Hall–Kier alpha value is -4.75. The van der Waals surface area contributed by atoms with E-state index in [1.54, 1.807) is 0 Å². The molecule has 8 atom stereocenters. The molecule has 1 amide bonds. The second kappa shape index (κ2) is 22.4. The van der Waals surface area contributed by atoms with Crippen molar-refractivity contribution in [1.82, 2.24) is 5.32 Å². The van der Waals surface area contributed by atoms with Crippen molar-refractivity contribution < 1.29 is 42.7 Å². The van der Waals surface area contributed by atoms with Crippen molar-refractivity contribution in [1.29, 1.82) is 0 Å². The zero-order valence-electron chi connectivity index (χ0n) is 35.4. The molecule has 10 heteroatoms. The zero-order chi connectivity index (χ0) is 42.3. The second-order valence-corrected chi connectivity index (χ2v) is 16.1. The first-order valence-electron chi connectivity index (χ1n) is 21.3. The van der Waals surface area contributed by atoms with Gasteiger partial charge in [-0.3, -0.25) is 4.79 Å². The normalized spacial score (nSPS) is 24.0. The molecule has 0 radical (unpaired) electrons. The molecule has 2 fully saturated rings. The molecule has 0 aliphatic carbocycles. The molecular formula is C51H59NO9. The van der Waals surface area contributed by atoms with E-state index in [-0.39, 0.29) is 31.8 Å². The molecular weight excluding hydrogens is 771 g/mol. The number of ether oxygens (including phenoxy) is 8. The first-order chi connectivity index (χ1) is 29.8. The number of carbonyl (C=O) groups excluding carboxylic acids is 1. The summed E-state index contributed by atoms with van der Waals surface area (Å²) in [5, 5.41) is 3.23. The average molecular weight is 830 g/mol. The first kappa shape index (κ1) is 44.3. The standard InChI is InChI=1S/C51H59NO9/c1-37-46(61-51(2,3)60-37)43(52-45(53)30-29-38-19-9-4-10-20-38)35-58-50-49(57-34-42-27-17-8-18-28-42)48(56-33-41-25-15-7-16-26-41)47(55-32-40-23-13-6-14-24-40)44(59-50)36-54-31-39-21-11-5-12-22-39/h4-28,37,43-44,46-50H,29-36H2,1-3H3,(H,52,53)/t37-,43+,44?,46-,47?,48?,49?,50?/m1/s1. The number of nitrogens with one attached hydrogen (secondary N) is 1. The largest absolute Gasteiger partial charge is 0.374 e. The van der Waals surface area contributed by atoms with E-state index in [2.05, 4.69) is 5.32 Å². The van der Waals surface area contributed by atoms with Crippen molar-refractivity contribution in [3.63, 3.8) is 0 Å². The maximum atomic E-state index is 13.6. The Kier molecular flexibility index (Phi) is 16.3. The lowest BCUT2D eigenvalue weighted by Gasteiger charge is -2.46. The molecule has 5 unspecified atom stereocenters. The SMILES string of the molecule is C[C@H]1OC(C)(C)O[C@H]1[C@H](COC1OC(COCc2ccccc2)C(OCc2ccccc2)C(OCc2ccccc2)C1OCc1ccccc1)NC(=O)CCc1ccccc1. The molecule has 10 nitrogen and oxygen atoms in total. The van der Waals surface area contributed by atoms with Gasteiger partial charge >= 0.3 is 0 Å². The van der Waals surface area contributed by atoms with Crippen LogP contribution in [0.5, 0.6) is 0 Å². The summed E-state index contributed by atoms with van der Waals surface area (Å²) in [6.45, 7) is 7.20. The summed E-state index contributed by atoms with van der Waals surface area (Å²) in [6, 6.07) is 49.5. The van der Waals surface area contributed by atoms with Crippen LogP contribution >= 0.6 is 0 Å². The maximum absolute atomic E-state index is 13.6. The maximum Gasteiger partial charge on any atom is 0.220 e. The van der Waals surface area contributed by atoms with Crippen LogP contribution in [-0.4, -0.2) is 73.9 Å². The average Bonchev–Trinajstić information content (AvgIpc) is 3.58. The van der Waals surface area contributed by atoms with Crippen LogP contribution in [0.1, 0.15) is 55.0 Å². The van der Waals surface area contributed by atoms with Crippen molar-refractivity contribution >= 4 is 5.91 Å². The lowest BCUT2D eigenvalue weighted by molar-refractivity contribution is -0.329. The smallest absolute Gasteiger partial charge is 0.220 e. The third-order valence-electron chi connectivity index (χ3n) is 10.9. The number of amides is 1. The van der Waals surface area contributed by atoms with Gasteiger partial charge in [0.1, 0.15) is 30.5 Å². The van der Waals surface area contributed by atoms with Crippen molar-refractivity contribution in [2.45, 2.75) is 115 Å². The van der Waals surface area contributed by atoms with Gasteiger partial charge in [-0.05, 0) is 55.0 Å². The molecule has 2 saturated heterocycles. The molecule has 1 N–H and O–H groups in total. The van der Waals surface area contributed by atoms with E-state index in [0.717, 1.165) is 27.8 Å². The Morgan fingerprint density at radius 2 is 1.05 bits per heavy atom. The molecule has 2 aliphatic heterocycles. The molecule has 0 saturated carbocycles. The number of carbonyl (C=O) groups is 1. The van der Waals surface area contributed by atoms with E-state index in [0.29, 0.717) is 32.7 Å². The predicted molar refractivity (Wildman–Crippen MR) is 232 cm³/mol. The van der Waals surface area contributed by atoms with Crippen LogP contribution in [0.25, 0.3) is 0 Å². The van der Waals surface area contributed by atoms with Gasteiger partial charge in [0, 0.05) is 6.42 Å². The number of aryl methyl sites for hydroxylation is 1. The van der Waals surface area contributed by atoms with Gasteiger partial charge in [-0.25, -0.2) is 0 Å². The van der Waals surface area contributed by atoms with Crippen LogP contribution in [0.2, 0.25) is 0 Å². The second-order valence-electron chi connectivity index (χ2n) is 16.1. The molecule has 61 heavy (non-hydrogen) atoms. The van der Waals surface area contributed by atoms with E-state index in [1.165, 1.54) is 0 Å². The van der Waals surface area contributed by atoms with E-state index < -0.39 is 48.6 Å². The van der Waals surface area contributed by atoms with Crippen LogP contribution in [0.3, 0.4) is 0 Å². The van der Waals surface area contributed by atoms with Crippen molar-refractivity contribution in [3.8, 4) is 0 Å². The summed E-state index contributed by atoms with van der Waals surface area (Å²) < 4.78 is 53.3. The minimum atomic E-state index is -0.958. The van der Waals surface area contributed by atoms with Crippen LogP contribution < -0.4 is 5.32 Å². The molecule has 5 aromatic rings. The van der Waals surface area contributed by atoms with E-state index in [9.17, 15) is 4.79 Å². The highest BCUT2D eigenvalue weighted by Gasteiger charge is 2.50. The van der Waals surface area contributed by atoms with Crippen LogP contribution in [0.4, 0.5) is 0 Å². The highest BCUT2D eigenvalue weighted by Crippen LogP contribution is 2.34. The minimum absolute atomic E-state index is 0.0416. The molecule has 2 aliphatic rings. The van der Waals surface area contributed by atoms with Crippen LogP contribution in [0.15, 0.2) is 152 Å². The molecule has 0 bridgehead atoms. The summed E-state index contributed by atoms with van der Waals surface area (Å²) in [4.78, 5) is 13.6. The van der Waals surface area contributed by atoms with Gasteiger partial charge in [0.05, 0.1) is 51.8 Å². The lowest BCUT2D eigenvalue weighted by atomic mass is 9.97. The summed E-state index contributed by atoms with van der Waals surface area (Å²) in [5.41, 5.74) is 5.11. The molecule has 322 valence electrons. The number of rotatable bonds is 21. The van der Waals surface area contributed by atoms with Crippen molar-refractivity contribution in [3.05, 3.63) is 179 Å². The first-order valence-corrected chi connectivity index (χ1v) is 21.3. The van der Waals surface area contributed by atoms with Crippen LogP contribution in [-0.2, 0) is 75.5 Å². The highest BCUT2D eigenvalue weighted by molar-refractivity contribution is 5.76. The van der Waals surface area contributed by atoms with E-state index in [1.807, 2.05) is 172 Å². The van der Waals surface area contributed by atoms with Crippen LogP contribution in [0, 0.1) is 0 Å². The Bertz CT molecular complexity index is 2010. The molecule has 7 rings (SSSR count). The van der Waals surface area contributed by atoms with Crippen molar-refractivity contribution in [2.24, 2.45) is 0 Å². The van der Waals surface area contributed by atoms with Gasteiger partial charge in [0.25, 0.3) is 0 Å². The van der Waals surface area contributed by atoms with E-state index >= 15 is 0 Å². The molecule has 5 aromatic carbocycles. The van der Waals surface area contributed by atoms with Crippen molar-refractivity contribution in [2.75, 3.05) is 13.2 Å². The summed E-state index contributed by atoms with van der Waals surface area (Å²) in [7, 11) is 0. The van der Waals surface area contributed by atoms with Gasteiger partial charge in [-0.1, -0.05) is 152 Å². The summed E-state index contributed by atoms with van der Waals surface area (Å²) in [5.74, 6) is -0.967. The fourth-order valence-electron chi connectivity index (χ4n) is 7.86. The molecule has 2 heterocycles. The predicted octanol–water partition coefficient (Wildman–Crippen LogP) is 8.36. The van der Waals surface area contributed by atoms with Gasteiger partial charge in [-0.15, -0.1) is 0 Å². The summed E-state index contributed by atoms with van der Waals surface area (Å²) in [6.07, 6.45) is -3.57. The lowest BCUT2D eigenvalue weighted by Crippen LogP contribution is -2.62. The fourth-order valence-corrected chi connectivity index (χ4v) is 7.86. The van der Waals surface area contributed by atoms with Gasteiger partial charge in [-0.2, -0.15) is 0 Å². The van der Waals surface area contributed by atoms with Gasteiger partial charge in [0.2, 0.25) is 5.91 Å². The Labute approximate surface area is 360 Å². The number of benzene rings is 5. The zero-order valence-corrected chi connectivity index (χ0v) is 35.4. The molecule has 0 spiro atoms. The quantitative estimate of drug-likeness (QED) is 0.0782. The Morgan fingerprint density at radius 3 is 1.54 bits per heavy atom. The number of hydrogen-bond acceptors (Lipinski definition) is 9. The minimum Gasteiger partial charge on any atom is -0.374 e. The van der Waals surface area contributed by atoms with E-state index in [4.69, 9.17) is 37.9 Å². The fraction of sp³-hybridized carbons (Fsp3) is 0.392. The third-order valence-corrected chi connectivity index (χ3v) is 10.9.